The van der Waals surface area contributed by atoms with Crippen LogP contribution < -0.4 is 26.3 Å². The van der Waals surface area contributed by atoms with Crippen LogP contribution >= 0.6 is 0 Å². The Morgan fingerprint density at radius 3 is 2.63 bits per heavy atom. The highest BCUT2D eigenvalue weighted by molar-refractivity contribution is 5.83. The Kier molecular flexibility index (Phi) is 8.26. The fourth-order valence-corrected chi connectivity index (χ4v) is 3.78. The van der Waals surface area contributed by atoms with E-state index in [0.29, 0.717) is 19.1 Å². The first-order valence-electron chi connectivity index (χ1n) is 10.9. The number of ether oxygens (including phenoxy) is 1. The summed E-state index contributed by atoms with van der Waals surface area (Å²) in [6.45, 7) is 14.1. The maximum atomic E-state index is 12.7. The summed E-state index contributed by atoms with van der Waals surface area (Å²) in [7, 11) is 0. The second-order valence-corrected chi connectivity index (χ2v) is 9.61. The Bertz CT molecular complexity index is 881. The zero-order chi connectivity index (χ0) is 21.2. The van der Waals surface area contributed by atoms with Crippen LogP contribution in [0.5, 0.6) is 5.75 Å². The Balaban J connectivity index is 0.00000320. The van der Waals surface area contributed by atoms with E-state index in [2.05, 4.69) is 43.5 Å². The molecular formula is C24H36BrN3O2. The molecular weight excluding hydrogens is 442 g/mol. The molecule has 1 aliphatic heterocycles. The first kappa shape index (κ1) is 24.6. The summed E-state index contributed by atoms with van der Waals surface area (Å²) in [6.07, 6.45) is 4.47. The van der Waals surface area contributed by atoms with Crippen molar-refractivity contribution in [2.24, 2.45) is 5.41 Å². The molecule has 0 amide bonds. The van der Waals surface area contributed by atoms with Gasteiger partial charge in [-0.1, -0.05) is 46.8 Å². The predicted molar refractivity (Wildman–Crippen MR) is 114 cm³/mol. The molecule has 1 aromatic heterocycles. The number of fused-ring (bicyclic) bond motifs is 1. The van der Waals surface area contributed by atoms with Gasteiger partial charge < -0.3 is 21.7 Å². The molecule has 0 spiro atoms. The van der Waals surface area contributed by atoms with E-state index in [1.165, 1.54) is 17.5 Å². The fraction of sp³-hybridized carbons (Fsp3) is 0.625. The highest BCUT2D eigenvalue weighted by Crippen LogP contribution is 2.28. The van der Waals surface area contributed by atoms with Crippen LogP contribution in [0, 0.1) is 12.3 Å². The third-order valence-corrected chi connectivity index (χ3v) is 5.72. The van der Waals surface area contributed by atoms with E-state index in [0.717, 1.165) is 43.2 Å². The van der Waals surface area contributed by atoms with Crippen LogP contribution in [-0.2, 0) is 30.9 Å². The van der Waals surface area contributed by atoms with Crippen molar-refractivity contribution < 1.29 is 31.1 Å². The number of nitrogens with zero attached hydrogens (tertiary/aromatic N) is 3. The summed E-state index contributed by atoms with van der Waals surface area (Å²) in [5.41, 5.74) is 2.05. The molecule has 1 aromatic carbocycles. The van der Waals surface area contributed by atoms with Gasteiger partial charge in [-0.3, -0.25) is 4.79 Å². The van der Waals surface area contributed by atoms with Crippen molar-refractivity contribution in [2.45, 2.75) is 92.8 Å². The van der Waals surface area contributed by atoms with Gasteiger partial charge in [-0.25, -0.2) is 4.57 Å². The fourth-order valence-electron chi connectivity index (χ4n) is 3.78. The third-order valence-electron chi connectivity index (χ3n) is 5.72. The minimum Gasteiger partial charge on any atom is -1.00 e. The Morgan fingerprint density at radius 2 is 1.97 bits per heavy atom. The van der Waals surface area contributed by atoms with Gasteiger partial charge >= 0.3 is 5.82 Å². The topological polar surface area (TPSA) is 48.0 Å². The van der Waals surface area contributed by atoms with Crippen LogP contribution in [0.1, 0.15) is 82.6 Å². The van der Waals surface area contributed by atoms with E-state index in [-0.39, 0.29) is 28.2 Å². The SMILES string of the molecule is Cc1ccc(C(C)C)c(OCc2nn(CC(=O)C(C)(C)C)c3[n+]2CCCCC3)c1.[Br-]. The molecule has 0 bridgehead atoms. The molecule has 2 aromatic rings. The number of carbonyl (C=O) groups is 1. The van der Waals surface area contributed by atoms with Gasteiger partial charge in [-0.2, -0.15) is 0 Å². The summed E-state index contributed by atoms with van der Waals surface area (Å²) in [4.78, 5) is 12.7. The molecule has 0 saturated carbocycles. The lowest BCUT2D eigenvalue weighted by Gasteiger charge is -2.14. The van der Waals surface area contributed by atoms with Gasteiger partial charge in [0.25, 0.3) is 0 Å². The zero-order valence-corrected chi connectivity index (χ0v) is 20.9. The van der Waals surface area contributed by atoms with Crippen molar-refractivity contribution in [3.05, 3.63) is 41.0 Å². The lowest BCUT2D eigenvalue weighted by molar-refractivity contribution is -0.712. The molecule has 0 N–H and O–H groups in total. The lowest BCUT2D eigenvalue weighted by atomic mass is 9.91. The number of carbonyl (C=O) groups excluding carboxylic acids is 1. The maximum absolute atomic E-state index is 12.7. The van der Waals surface area contributed by atoms with Crippen LogP contribution in [0.15, 0.2) is 18.2 Å². The predicted octanol–water partition coefficient (Wildman–Crippen LogP) is 1.53. The van der Waals surface area contributed by atoms with Gasteiger partial charge in [0, 0.05) is 16.9 Å². The second-order valence-electron chi connectivity index (χ2n) is 9.61. The first-order chi connectivity index (χ1) is 13.7. The van der Waals surface area contributed by atoms with Crippen molar-refractivity contribution in [2.75, 3.05) is 0 Å². The average molecular weight is 478 g/mol. The molecule has 0 atom stereocenters. The molecule has 30 heavy (non-hydrogen) atoms. The number of halogens is 1. The molecule has 2 heterocycles. The number of aromatic nitrogens is 3. The minimum absolute atomic E-state index is 0. The highest BCUT2D eigenvalue weighted by atomic mass is 79.9. The van der Waals surface area contributed by atoms with E-state index in [1.807, 2.05) is 25.5 Å². The van der Waals surface area contributed by atoms with E-state index in [4.69, 9.17) is 9.84 Å². The minimum atomic E-state index is -0.362. The Labute approximate surface area is 191 Å². The molecule has 0 unspecified atom stereocenters. The molecule has 0 fully saturated rings. The Morgan fingerprint density at radius 1 is 1.23 bits per heavy atom. The number of Topliss-reactive ketones (excluding diaryl/α,β-unsaturated/α-hetero) is 1. The van der Waals surface area contributed by atoms with Crippen molar-refractivity contribution in [1.29, 1.82) is 0 Å². The number of hydrogen-bond donors (Lipinski definition) is 0. The summed E-state index contributed by atoms with van der Waals surface area (Å²) < 4.78 is 10.5. The number of benzene rings is 1. The molecule has 0 saturated heterocycles. The highest BCUT2D eigenvalue weighted by Gasteiger charge is 2.31. The van der Waals surface area contributed by atoms with Crippen LogP contribution in [0.3, 0.4) is 0 Å². The van der Waals surface area contributed by atoms with Crippen molar-refractivity contribution in [1.82, 2.24) is 9.78 Å². The average Bonchev–Trinajstić information content (AvgIpc) is 2.80. The standard InChI is InChI=1S/C24H36N3O2.BrH/c1-17(2)19-12-11-18(3)14-20(19)29-16-22-25-27(15-21(28)24(4,5)6)23-10-8-7-9-13-26(22)23;/h11-12,14,17H,7-10,13,15-16H2,1-6H3;1H/q+1;/p-1. The van der Waals surface area contributed by atoms with E-state index in [1.54, 1.807) is 0 Å². The molecule has 166 valence electrons. The molecule has 6 heteroatoms. The molecule has 5 nitrogen and oxygen atoms in total. The summed E-state index contributed by atoms with van der Waals surface area (Å²) >= 11 is 0. The van der Waals surface area contributed by atoms with E-state index >= 15 is 0 Å². The third kappa shape index (κ3) is 5.71. The maximum Gasteiger partial charge on any atom is 0.315 e. The van der Waals surface area contributed by atoms with Gasteiger partial charge in [0.15, 0.2) is 18.9 Å². The van der Waals surface area contributed by atoms with Gasteiger partial charge in [-0.15, -0.1) is 4.68 Å². The first-order valence-corrected chi connectivity index (χ1v) is 10.9. The Hall–Kier alpha value is -1.69. The summed E-state index contributed by atoms with van der Waals surface area (Å²) in [5, 5.41) is 4.83. The normalized spacial score (nSPS) is 14.1. The molecule has 1 aliphatic rings. The van der Waals surface area contributed by atoms with Gasteiger partial charge in [0.05, 0.1) is 6.54 Å². The lowest BCUT2D eigenvalue weighted by Crippen LogP contribution is -3.00. The monoisotopic (exact) mass is 477 g/mol. The van der Waals surface area contributed by atoms with Crippen LogP contribution in [-0.4, -0.2) is 15.6 Å². The number of aryl methyl sites for hydroxylation is 1. The summed E-state index contributed by atoms with van der Waals surface area (Å²) in [6, 6.07) is 6.40. The second kappa shape index (κ2) is 10.1. The number of rotatable bonds is 6. The van der Waals surface area contributed by atoms with Crippen LogP contribution in [0.2, 0.25) is 0 Å². The van der Waals surface area contributed by atoms with Gasteiger partial charge in [0.2, 0.25) is 5.82 Å². The largest absolute Gasteiger partial charge is 1.00 e. The number of hydrogen-bond acceptors (Lipinski definition) is 3. The van der Waals surface area contributed by atoms with Crippen molar-refractivity contribution >= 4 is 5.78 Å². The van der Waals surface area contributed by atoms with E-state index in [9.17, 15) is 4.79 Å². The van der Waals surface area contributed by atoms with Crippen LogP contribution in [0.4, 0.5) is 0 Å². The van der Waals surface area contributed by atoms with Crippen molar-refractivity contribution in [3.8, 4) is 5.75 Å². The van der Waals surface area contributed by atoms with E-state index < -0.39 is 0 Å². The smallest absolute Gasteiger partial charge is 0.315 e. The summed E-state index contributed by atoms with van der Waals surface area (Å²) in [5.74, 6) is 3.62. The zero-order valence-electron chi connectivity index (χ0n) is 19.3. The van der Waals surface area contributed by atoms with Gasteiger partial charge in [-0.05, 0) is 49.3 Å². The number of ketones is 1. The quantitative estimate of drug-likeness (QED) is 0.592. The molecule has 0 radical (unpaired) electrons. The van der Waals surface area contributed by atoms with Crippen LogP contribution in [0.25, 0.3) is 0 Å². The molecule has 3 rings (SSSR count). The molecule has 0 aliphatic carbocycles. The van der Waals surface area contributed by atoms with Gasteiger partial charge in [0.1, 0.15) is 5.75 Å². The van der Waals surface area contributed by atoms with Crippen molar-refractivity contribution in [3.63, 3.8) is 0 Å².